The van der Waals surface area contributed by atoms with Crippen LogP contribution in [0.15, 0.2) is 48.8 Å². The Labute approximate surface area is 143 Å². The lowest BCUT2D eigenvalue weighted by atomic mass is 10.1. The molecule has 0 aliphatic carbocycles. The summed E-state index contributed by atoms with van der Waals surface area (Å²) in [5.74, 6) is -0.683. The number of pyridine rings is 1. The van der Waals surface area contributed by atoms with Crippen LogP contribution in [0.25, 0.3) is 10.8 Å². The number of rotatable bonds is 5. The number of nitro benzene ring substituents is 1. The lowest BCUT2D eigenvalue weighted by Crippen LogP contribution is -2.18. The molecule has 0 radical (unpaired) electrons. The van der Waals surface area contributed by atoms with Gasteiger partial charge in [0.05, 0.1) is 17.7 Å². The third-order valence-corrected chi connectivity index (χ3v) is 4.04. The van der Waals surface area contributed by atoms with E-state index in [0.29, 0.717) is 12.2 Å². The monoisotopic (exact) mass is 341 g/mol. The van der Waals surface area contributed by atoms with Gasteiger partial charge in [-0.3, -0.25) is 15.1 Å². The highest BCUT2D eigenvalue weighted by atomic mass is 19.1. The SMILES string of the molecule is COc1cc(F)c([N+](=O)[O-])cc1N(C)Cc1cccc2ccncc12. The topological polar surface area (TPSA) is 68.5 Å². The van der Waals surface area contributed by atoms with Crippen molar-refractivity contribution < 1.29 is 14.1 Å². The first-order valence-electron chi connectivity index (χ1n) is 7.56. The summed E-state index contributed by atoms with van der Waals surface area (Å²) in [5.41, 5.74) is 0.862. The Morgan fingerprint density at radius 3 is 2.84 bits per heavy atom. The number of hydrogen-bond donors (Lipinski definition) is 0. The highest BCUT2D eigenvalue weighted by molar-refractivity contribution is 5.85. The normalized spacial score (nSPS) is 10.7. The van der Waals surface area contributed by atoms with Crippen molar-refractivity contribution in [2.45, 2.75) is 6.54 Å². The van der Waals surface area contributed by atoms with Crippen molar-refractivity contribution in [3.05, 3.63) is 70.3 Å². The predicted molar refractivity (Wildman–Crippen MR) is 93.5 cm³/mol. The molecule has 0 fully saturated rings. The fourth-order valence-corrected chi connectivity index (χ4v) is 2.79. The van der Waals surface area contributed by atoms with Crippen molar-refractivity contribution in [2.75, 3.05) is 19.1 Å². The van der Waals surface area contributed by atoms with Gasteiger partial charge in [0, 0.05) is 43.5 Å². The van der Waals surface area contributed by atoms with E-state index in [1.54, 1.807) is 24.3 Å². The van der Waals surface area contributed by atoms with E-state index in [1.165, 1.54) is 13.2 Å². The number of benzene rings is 2. The number of halogens is 1. The van der Waals surface area contributed by atoms with E-state index in [9.17, 15) is 14.5 Å². The van der Waals surface area contributed by atoms with Gasteiger partial charge < -0.3 is 9.64 Å². The zero-order valence-corrected chi connectivity index (χ0v) is 13.8. The predicted octanol–water partition coefficient (Wildman–Crippen LogP) is 3.93. The molecule has 2 aromatic carbocycles. The molecule has 0 saturated carbocycles. The average molecular weight is 341 g/mol. The van der Waals surface area contributed by atoms with Gasteiger partial charge in [0.1, 0.15) is 5.75 Å². The van der Waals surface area contributed by atoms with Gasteiger partial charge in [-0.25, -0.2) is 0 Å². The molecule has 0 atom stereocenters. The van der Waals surface area contributed by atoms with Crippen molar-refractivity contribution in [3.63, 3.8) is 0 Å². The Morgan fingerprint density at radius 1 is 1.32 bits per heavy atom. The van der Waals surface area contributed by atoms with Crippen LogP contribution < -0.4 is 9.64 Å². The van der Waals surface area contributed by atoms with Gasteiger partial charge in [0.25, 0.3) is 0 Å². The van der Waals surface area contributed by atoms with Gasteiger partial charge in [0.15, 0.2) is 0 Å². The number of hydrogen-bond acceptors (Lipinski definition) is 5. The van der Waals surface area contributed by atoms with Gasteiger partial charge >= 0.3 is 5.69 Å². The molecule has 6 nitrogen and oxygen atoms in total. The number of fused-ring (bicyclic) bond motifs is 1. The van der Waals surface area contributed by atoms with Crippen molar-refractivity contribution in [1.29, 1.82) is 0 Å². The molecule has 1 heterocycles. The maximum atomic E-state index is 13.8. The highest BCUT2D eigenvalue weighted by Crippen LogP contribution is 2.35. The molecule has 3 rings (SSSR count). The average Bonchev–Trinajstić information content (AvgIpc) is 2.61. The number of aromatic nitrogens is 1. The van der Waals surface area contributed by atoms with Crippen molar-refractivity contribution in [2.24, 2.45) is 0 Å². The molecule has 0 spiro atoms. The van der Waals surface area contributed by atoms with E-state index in [0.717, 1.165) is 22.4 Å². The lowest BCUT2D eigenvalue weighted by molar-refractivity contribution is -0.387. The molecule has 0 unspecified atom stereocenters. The molecule has 7 heteroatoms. The van der Waals surface area contributed by atoms with Crippen LogP contribution in [0.5, 0.6) is 5.75 Å². The molecular weight excluding hydrogens is 325 g/mol. The first-order valence-corrected chi connectivity index (χ1v) is 7.56. The van der Waals surface area contributed by atoms with Crippen LogP contribution in [0, 0.1) is 15.9 Å². The summed E-state index contributed by atoms with van der Waals surface area (Å²) in [7, 11) is 3.18. The van der Waals surface area contributed by atoms with Crippen LogP contribution in [-0.4, -0.2) is 24.1 Å². The largest absolute Gasteiger partial charge is 0.494 e. The second-order valence-corrected chi connectivity index (χ2v) is 5.60. The maximum absolute atomic E-state index is 13.8. The molecule has 128 valence electrons. The fourth-order valence-electron chi connectivity index (χ4n) is 2.79. The van der Waals surface area contributed by atoms with E-state index in [1.807, 2.05) is 24.3 Å². The lowest BCUT2D eigenvalue weighted by Gasteiger charge is -2.22. The molecule has 0 amide bonds. The van der Waals surface area contributed by atoms with Gasteiger partial charge in [-0.2, -0.15) is 4.39 Å². The molecule has 3 aromatic rings. The summed E-state index contributed by atoms with van der Waals surface area (Å²) in [6, 6.07) is 10.0. The maximum Gasteiger partial charge on any atom is 0.307 e. The van der Waals surface area contributed by atoms with E-state index in [2.05, 4.69) is 4.98 Å². The summed E-state index contributed by atoms with van der Waals surface area (Å²) in [5, 5.41) is 13.1. The Kier molecular flexibility index (Phi) is 4.47. The highest BCUT2D eigenvalue weighted by Gasteiger charge is 2.21. The van der Waals surface area contributed by atoms with Gasteiger partial charge in [0.2, 0.25) is 5.82 Å². The standard InChI is InChI=1S/C18H16FN3O3/c1-21(11-13-5-3-4-12-6-7-20-10-14(12)13)17-9-16(22(23)24)15(19)8-18(17)25-2/h3-10H,11H2,1-2H3. The Bertz CT molecular complexity index is 941. The number of nitro groups is 1. The molecule has 1 aromatic heterocycles. The fraction of sp³-hybridized carbons (Fsp3) is 0.167. The van der Waals surface area contributed by atoms with Gasteiger partial charge in [-0.15, -0.1) is 0 Å². The van der Waals surface area contributed by atoms with Crippen molar-refractivity contribution in [3.8, 4) is 5.75 Å². The van der Waals surface area contributed by atoms with Crippen LogP contribution in [0.1, 0.15) is 5.56 Å². The smallest absolute Gasteiger partial charge is 0.307 e. The Hall–Kier alpha value is -3.22. The molecule has 25 heavy (non-hydrogen) atoms. The molecule has 0 aliphatic heterocycles. The van der Waals surface area contributed by atoms with Crippen molar-refractivity contribution in [1.82, 2.24) is 4.98 Å². The van der Waals surface area contributed by atoms with Crippen LogP contribution in [0.2, 0.25) is 0 Å². The summed E-state index contributed by atoms with van der Waals surface area (Å²) in [4.78, 5) is 16.2. The first kappa shape index (κ1) is 16.6. The van der Waals surface area contributed by atoms with E-state index < -0.39 is 16.4 Å². The number of ether oxygens (including phenoxy) is 1. The summed E-state index contributed by atoms with van der Waals surface area (Å²) in [6.45, 7) is 0.460. The van der Waals surface area contributed by atoms with Crippen molar-refractivity contribution >= 4 is 22.1 Å². The number of anilines is 1. The minimum Gasteiger partial charge on any atom is -0.494 e. The molecular formula is C18H16FN3O3. The second-order valence-electron chi connectivity index (χ2n) is 5.60. The Morgan fingerprint density at radius 2 is 2.12 bits per heavy atom. The minimum atomic E-state index is -0.923. The number of nitrogens with zero attached hydrogens (tertiary/aromatic N) is 3. The van der Waals surface area contributed by atoms with Gasteiger partial charge in [-0.1, -0.05) is 18.2 Å². The van der Waals surface area contributed by atoms with Crippen LogP contribution in [0.4, 0.5) is 15.8 Å². The molecule has 0 saturated heterocycles. The quantitative estimate of drug-likeness (QED) is 0.519. The Balaban J connectivity index is 2.01. The van der Waals surface area contributed by atoms with E-state index in [4.69, 9.17) is 4.74 Å². The second kappa shape index (κ2) is 6.72. The zero-order chi connectivity index (χ0) is 18.0. The van der Waals surface area contributed by atoms with E-state index in [-0.39, 0.29) is 5.75 Å². The van der Waals surface area contributed by atoms with Gasteiger partial charge in [-0.05, 0) is 17.0 Å². The summed E-state index contributed by atoms with van der Waals surface area (Å²) < 4.78 is 19.0. The van der Waals surface area contributed by atoms with E-state index >= 15 is 0 Å². The number of methoxy groups -OCH3 is 1. The van der Waals surface area contributed by atoms with Crippen LogP contribution >= 0.6 is 0 Å². The molecule has 0 aliphatic rings. The van der Waals surface area contributed by atoms with Crippen LogP contribution in [0.3, 0.4) is 0 Å². The summed E-state index contributed by atoms with van der Waals surface area (Å²) >= 11 is 0. The molecule has 0 bridgehead atoms. The van der Waals surface area contributed by atoms with Crippen LogP contribution in [-0.2, 0) is 6.54 Å². The third kappa shape index (κ3) is 3.21. The summed E-state index contributed by atoms with van der Waals surface area (Å²) in [6.07, 6.45) is 3.50. The third-order valence-electron chi connectivity index (χ3n) is 4.04. The molecule has 0 N–H and O–H groups in total. The minimum absolute atomic E-state index is 0.240. The first-order chi connectivity index (χ1) is 12.0. The zero-order valence-electron chi connectivity index (χ0n) is 13.8.